The maximum atomic E-state index is 12.4. The van der Waals surface area contributed by atoms with Crippen molar-refractivity contribution in [3.63, 3.8) is 0 Å². The molecule has 2 N–H and O–H groups in total. The van der Waals surface area contributed by atoms with Crippen molar-refractivity contribution in [2.75, 3.05) is 18.8 Å². The largest absolute Gasteiger partial charge is 0.547 e. The highest BCUT2D eigenvalue weighted by Gasteiger charge is 2.37. The number of nitrogens with one attached hydrogen (secondary N) is 1. The van der Waals surface area contributed by atoms with E-state index in [1.54, 1.807) is 39.2 Å². The van der Waals surface area contributed by atoms with E-state index in [0.29, 0.717) is 12.0 Å². The van der Waals surface area contributed by atoms with Crippen LogP contribution in [-0.4, -0.2) is 54.7 Å². The van der Waals surface area contributed by atoms with E-state index in [1.807, 2.05) is 0 Å². The van der Waals surface area contributed by atoms with Gasteiger partial charge in [0.2, 0.25) is 12.7 Å². The first-order valence-electron chi connectivity index (χ1n) is 8.72. The number of esters is 2. The van der Waals surface area contributed by atoms with Crippen molar-refractivity contribution in [1.29, 1.82) is 0 Å². The summed E-state index contributed by atoms with van der Waals surface area (Å²) in [5.41, 5.74) is 0.0551. The second kappa shape index (κ2) is 9.33. The Morgan fingerprint density at radius 1 is 1.32 bits per heavy atom. The minimum atomic E-state index is -1.30. The molecular formula is C18H24BNO7S. The number of fused-ring (bicyclic) bond motifs is 1. The van der Waals surface area contributed by atoms with Crippen molar-refractivity contribution in [3.8, 4) is 5.75 Å². The summed E-state index contributed by atoms with van der Waals surface area (Å²) < 4.78 is 15.4. The Balaban J connectivity index is 2.04. The van der Waals surface area contributed by atoms with Crippen LogP contribution in [0.5, 0.6) is 5.75 Å². The van der Waals surface area contributed by atoms with Gasteiger partial charge in [0, 0.05) is 0 Å². The number of thioether (sulfide) groups is 1. The lowest BCUT2D eigenvalue weighted by Crippen LogP contribution is -2.53. The number of carbonyl (C=O) groups is 3. The third-order valence-corrected chi connectivity index (χ3v) is 4.50. The zero-order valence-electron chi connectivity index (χ0n) is 16.3. The molecule has 1 atom stereocenters. The van der Waals surface area contributed by atoms with Crippen LogP contribution < -0.4 is 9.97 Å². The molecule has 8 nitrogen and oxygen atoms in total. The molecule has 1 aromatic carbocycles. The van der Waals surface area contributed by atoms with Crippen molar-refractivity contribution in [2.45, 2.75) is 33.1 Å². The monoisotopic (exact) mass is 409 g/mol. The lowest BCUT2D eigenvalue weighted by Gasteiger charge is -2.29. The number of hydrogen-bond acceptors (Lipinski definition) is 8. The Morgan fingerprint density at radius 2 is 2.04 bits per heavy atom. The van der Waals surface area contributed by atoms with Gasteiger partial charge in [-0.05, 0) is 45.1 Å². The number of ether oxygens (including phenoxy) is 2. The van der Waals surface area contributed by atoms with Gasteiger partial charge in [-0.15, -0.1) is 0 Å². The van der Waals surface area contributed by atoms with E-state index in [0.717, 1.165) is 0 Å². The van der Waals surface area contributed by atoms with Crippen molar-refractivity contribution < 1.29 is 33.5 Å². The number of amides is 1. The lowest BCUT2D eigenvalue weighted by atomic mass is 9.72. The molecule has 10 heteroatoms. The number of hydrogen-bond donors (Lipinski definition) is 2. The van der Waals surface area contributed by atoms with Crippen molar-refractivity contribution in [1.82, 2.24) is 5.32 Å². The van der Waals surface area contributed by atoms with Crippen LogP contribution in [0.15, 0.2) is 18.2 Å². The molecule has 0 saturated heterocycles. The van der Waals surface area contributed by atoms with Gasteiger partial charge in [0.15, 0.2) is 0 Å². The van der Waals surface area contributed by atoms with Gasteiger partial charge < -0.3 is 24.5 Å². The van der Waals surface area contributed by atoms with E-state index in [4.69, 9.17) is 14.1 Å². The maximum Gasteiger partial charge on any atom is 0.547 e. The van der Waals surface area contributed by atoms with Gasteiger partial charge in [-0.2, -0.15) is 11.8 Å². The van der Waals surface area contributed by atoms with Crippen molar-refractivity contribution >= 4 is 36.7 Å². The van der Waals surface area contributed by atoms with Gasteiger partial charge in [-0.3, -0.25) is 9.59 Å². The summed E-state index contributed by atoms with van der Waals surface area (Å²) in [6, 6.07) is 4.88. The van der Waals surface area contributed by atoms with Crippen LogP contribution in [0, 0.1) is 5.41 Å². The SMILES string of the molecule is CSCC(=O)NC1Cc2cccc(C(=O)OCOC(=O)C(C)(C)C)c2OB1O. The van der Waals surface area contributed by atoms with Crippen LogP contribution in [0.1, 0.15) is 36.7 Å². The second-order valence-electron chi connectivity index (χ2n) is 7.34. The van der Waals surface area contributed by atoms with E-state index in [9.17, 15) is 19.4 Å². The Hall–Kier alpha value is -2.20. The van der Waals surface area contributed by atoms with Gasteiger partial charge in [0.05, 0.1) is 17.1 Å². The molecular weight excluding hydrogens is 385 g/mol. The first-order valence-corrected chi connectivity index (χ1v) is 10.1. The van der Waals surface area contributed by atoms with E-state index in [1.165, 1.54) is 17.8 Å². The zero-order chi connectivity index (χ0) is 20.9. The molecule has 1 unspecified atom stereocenters. The van der Waals surface area contributed by atoms with E-state index in [-0.39, 0.29) is 23.0 Å². The molecule has 28 heavy (non-hydrogen) atoms. The Bertz CT molecular complexity index is 750. The Kier molecular flexibility index (Phi) is 7.37. The zero-order valence-corrected chi connectivity index (χ0v) is 17.1. The average Bonchev–Trinajstić information content (AvgIpc) is 2.61. The molecule has 1 aromatic rings. The van der Waals surface area contributed by atoms with Gasteiger partial charge >= 0.3 is 19.1 Å². The molecule has 152 valence electrons. The van der Waals surface area contributed by atoms with Crippen LogP contribution in [0.2, 0.25) is 0 Å². The maximum absolute atomic E-state index is 12.4. The van der Waals surface area contributed by atoms with Crippen molar-refractivity contribution in [2.24, 2.45) is 5.41 Å². The first kappa shape index (κ1) is 22.1. The predicted molar refractivity (Wildman–Crippen MR) is 105 cm³/mol. The van der Waals surface area contributed by atoms with Gasteiger partial charge in [0.25, 0.3) is 0 Å². The van der Waals surface area contributed by atoms with Gasteiger partial charge in [-0.1, -0.05) is 12.1 Å². The highest BCUT2D eigenvalue weighted by molar-refractivity contribution is 7.99. The van der Waals surface area contributed by atoms with Gasteiger partial charge in [0.1, 0.15) is 11.3 Å². The Labute approximate surface area is 168 Å². The first-order chi connectivity index (χ1) is 13.1. The topological polar surface area (TPSA) is 111 Å². The van der Waals surface area contributed by atoms with Crippen molar-refractivity contribution in [3.05, 3.63) is 29.3 Å². The molecule has 1 heterocycles. The lowest BCUT2D eigenvalue weighted by molar-refractivity contribution is -0.161. The summed E-state index contributed by atoms with van der Waals surface area (Å²) in [7, 11) is -1.30. The quantitative estimate of drug-likeness (QED) is 0.410. The standard InChI is InChI=1S/C18H24BNO7S/c1-18(2,3)17(23)26-10-25-16(22)12-7-5-6-11-8-13(19(24)27-15(11)12)20-14(21)9-28-4/h5-7,13,24H,8-10H2,1-4H3,(H,20,21). The molecule has 1 aliphatic rings. The molecule has 0 aromatic heterocycles. The number of benzene rings is 1. The molecule has 0 spiro atoms. The summed E-state index contributed by atoms with van der Waals surface area (Å²) in [5.74, 6) is -1.60. The summed E-state index contributed by atoms with van der Waals surface area (Å²) in [6.07, 6.45) is 2.11. The number of carbonyl (C=O) groups excluding carboxylic acids is 3. The third-order valence-electron chi connectivity index (χ3n) is 3.95. The average molecular weight is 409 g/mol. The molecule has 0 aliphatic carbocycles. The number of rotatable bonds is 6. The Morgan fingerprint density at radius 3 is 2.68 bits per heavy atom. The van der Waals surface area contributed by atoms with Crippen LogP contribution in [0.3, 0.4) is 0 Å². The van der Waals surface area contributed by atoms with E-state index < -0.39 is 37.2 Å². The molecule has 0 bridgehead atoms. The molecule has 0 fully saturated rings. The molecule has 0 saturated carbocycles. The minimum Gasteiger partial charge on any atom is -0.534 e. The van der Waals surface area contributed by atoms with Crippen LogP contribution in [0.25, 0.3) is 0 Å². The molecule has 1 aliphatic heterocycles. The normalized spacial score (nSPS) is 15.9. The summed E-state index contributed by atoms with van der Waals surface area (Å²) in [6.45, 7) is 4.55. The number of para-hydroxylation sites is 1. The van der Waals surface area contributed by atoms with E-state index >= 15 is 0 Å². The van der Waals surface area contributed by atoms with E-state index in [2.05, 4.69) is 5.32 Å². The van der Waals surface area contributed by atoms with Crippen LogP contribution >= 0.6 is 11.8 Å². The van der Waals surface area contributed by atoms with Crippen LogP contribution in [-0.2, 0) is 25.5 Å². The highest BCUT2D eigenvalue weighted by Crippen LogP contribution is 2.30. The summed E-state index contributed by atoms with van der Waals surface area (Å²) >= 11 is 1.37. The minimum absolute atomic E-state index is 0.109. The smallest absolute Gasteiger partial charge is 0.534 e. The van der Waals surface area contributed by atoms with Gasteiger partial charge in [-0.25, -0.2) is 4.79 Å². The predicted octanol–water partition coefficient (Wildman–Crippen LogP) is 1.19. The summed E-state index contributed by atoms with van der Waals surface area (Å²) in [4.78, 5) is 35.8. The summed E-state index contributed by atoms with van der Waals surface area (Å²) in [5, 5.41) is 12.9. The molecule has 2 rings (SSSR count). The fraction of sp³-hybridized carbons (Fsp3) is 0.500. The van der Waals surface area contributed by atoms with Crippen LogP contribution in [0.4, 0.5) is 0 Å². The fourth-order valence-corrected chi connectivity index (χ4v) is 2.86. The third kappa shape index (κ3) is 5.65. The highest BCUT2D eigenvalue weighted by atomic mass is 32.2. The fourth-order valence-electron chi connectivity index (χ4n) is 2.52. The molecule has 1 amide bonds. The molecule has 0 radical (unpaired) electrons. The second-order valence-corrected chi connectivity index (χ2v) is 8.21.